The summed E-state index contributed by atoms with van der Waals surface area (Å²) < 4.78 is 30.8. The van der Waals surface area contributed by atoms with E-state index in [-0.39, 0.29) is 12.2 Å². The van der Waals surface area contributed by atoms with Gasteiger partial charge in [-0.05, 0) is 35.9 Å². The smallest absolute Gasteiger partial charge is 0.338 e. The van der Waals surface area contributed by atoms with Crippen LogP contribution in [0.15, 0.2) is 53.0 Å². The minimum absolute atomic E-state index is 0.149. The van der Waals surface area contributed by atoms with Gasteiger partial charge in [-0.25, -0.2) is 13.2 Å². The molecule has 2 aromatic rings. The van der Waals surface area contributed by atoms with E-state index < -0.39 is 16.0 Å². The molecule has 0 saturated carbocycles. The average Bonchev–Trinajstić information content (AvgIpc) is 2.45. The van der Waals surface area contributed by atoms with Crippen molar-refractivity contribution in [1.82, 2.24) is 0 Å². The first-order chi connectivity index (χ1) is 10.3. The second-order valence-corrected chi connectivity index (χ2v) is 7.32. The molecule has 1 N–H and O–H groups in total. The second-order valence-electron chi connectivity index (χ2n) is 4.66. The molecule has 2 aromatic carbocycles. The highest BCUT2D eigenvalue weighted by Crippen LogP contribution is 2.15. The van der Waals surface area contributed by atoms with Gasteiger partial charge in [-0.1, -0.05) is 34.1 Å². The predicted molar refractivity (Wildman–Crippen MR) is 88.2 cm³/mol. The Morgan fingerprint density at radius 2 is 1.86 bits per heavy atom. The van der Waals surface area contributed by atoms with Crippen molar-refractivity contribution in [2.75, 3.05) is 11.0 Å². The summed E-state index contributed by atoms with van der Waals surface area (Å²) in [5.41, 5.74) is 1.47. The van der Waals surface area contributed by atoms with Crippen molar-refractivity contribution in [3.8, 4) is 0 Å². The van der Waals surface area contributed by atoms with Gasteiger partial charge in [-0.2, -0.15) is 0 Å². The lowest BCUT2D eigenvalue weighted by Crippen LogP contribution is -2.11. The third-order valence-electron chi connectivity index (χ3n) is 2.68. The van der Waals surface area contributed by atoms with Crippen molar-refractivity contribution in [1.29, 1.82) is 0 Å². The summed E-state index contributed by atoms with van der Waals surface area (Å²) in [4.78, 5) is 12.0. The van der Waals surface area contributed by atoms with Crippen LogP contribution < -0.4 is 4.72 Å². The average molecular weight is 384 g/mol. The van der Waals surface area contributed by atoms with E-state index in [1.165, 1.54) is 6.07 Å². The number of carbonyl (C=O) groups excluding carboxylic acids is 1. The molecular weight excluding hydrogens is 370 g/mol. The molecule has 5 nitrogen and oxygen atoms in total. The fraction of sp³-hybridized carbons (Fsp3) is 0.133. The Hall–Kier alpha value is -1.86. The molecule has 22 heavy (non-hydrogen) atoms. The predicted octanol–water partition coefficient (Wildman–Crippen LogP) is 3.18. The van der Waals surface area contributed by atoms with Crippen LogP contribution in [0.2, 0.25) is 0 Å². The molecule has 0 heterocycles. The summed E-state index contributed by atoms with van der Waals surface area (Å²) in [5.74, 6) is -0.514. The molecule has 0 atom stereocenters. The van der Waals surface area contributed by atoms with Gasteiger partial charge < -0.3 is 4.74 Å². The number of ether oxygens (including phenoxy) is 1. The van der Waals surface area contributed by atoms with Crippen molar-refractivity contribution >= 4 is 37.6 Å². The first-order valence-corrected chi connectivity index (χ1v) is 9.01. The summed E-state index contributed by atoms with van der Waals surface area (Å²) in [5, 5.41) is 0. The van der Waals surface area contributed by atoms with Crippen molar-refractivity contribution in [3.63, 3.8) is 0 Å². The molecular formula is C15H14BrNO4S. The number of hydrogen-bond donors (Lipinski definition) is 1. The van der Waals surface area contributed by atoms with Crippen LogP contribution in [0.25, 0.3) is 0 Å². The zero-order chi connectivity index (χ0) is 16.2. The normalized spacial score (nSPS) is 11.0. The third-order valence-corrected chi connectivity index (χ3v) is 3.82. The molecule has 0 spiro atoms. The summed E-state index contributed by atoms with van der Waals surface area (Å²) >= 11 is 3.33. The number of benzene rings is 2. The van der Waals surface area contributed by atoms with E-state index in [1.807, 2.05) is 24.3 Å². The lowest BCUT2D eigenvalue weighted by molar-refractivity contribution is 0.0472. The van der Waals surface area contributed by atoms with Gasteiger partial charge in [0.2, 0.25) is 10.0 Å². The minimum atomic E-state index is -3.39. The number of rotatable bonds is 5. The summed E-state index contributed by atoms with van der Waals surface area (Å²) in [7, 11) is -3.39. The van der Waals surface area contributed by atoms with E-state index in [0.717, 1.165) is 16.3 Å². The molecule has 2 rings (SSSR count). The Balaban J connectivity index is 2.03. The highest BCUT2D eigenvalue weighted by molar-refractivity contribution is 9.10. The van der Waals surface area contributed by atoms with Crippen LogP contribution >= 0.6 is 15.9 Å². The molecule has 0 radical (unpaired) electrons. The SMILES string of the molecule is CS(=O)(=O)Nc1cccc(C(=O)OCc2ccc(Br)cc2)c1. The van der Waals surface area contributed by atoms with Gasteiger partial charge in [0.25, 0.3) is 0 Å². The molecule has 0 unspecified atom stereocenters. The molecule has 0 aromatic heterocycles. The molecule has 0 aliphatic heterocycles. The molecule has 0 bridgehead atoms. The molecule has 0 saturated heterocycles. The van der Waals surface area contributed by atoms with E-state index >= 15 is 0 Å². The minimum Gasteiger partial charge on any atom is -0.457 e. The van der Waals surface area contributed by atoms with Crippen LogP contribution in [0.3, 0.4) is 0 Å². The van der Waals surface area contributed by atoms with Gasteiger partial charge in [-0.15, -0.1) is 0 Å². The Morgan fingerprint density at radius 1 is 1.18 bits per heavy atom. The first kappa shape index (κ1) is 16.5. The highest BCUT2D eigenvalue weighted by atomic mass is 79.9. The van der Waals surface area contributed by atoms with Crippen molar-refractivity contribution in [2.24, 2.45) is 0 Å². The molecule has 0 aliphatic rings. The van der Waals surface area contributed by atoms with Gasteiger partial charge in [0.15, 0.2) is 0 Å². The fourth-order valence-corrected chi connectivity index (χ4v) is 2.56. The number of sulfonamides is 1. The largest absolute Gasteiger partial charge is 0.457 e. The maximum Gasteiger partial charge on any atom is 0.338 e. The van der Waals surface area contributed by atoms with E-state index in [1.54, 1.807) is 18.2 Å². The van der Waals surface area contributed by atoms with Crippen LogP contribution in [0.5, 0.6) is 0 Å². The Bertz CT molecular complexity index is 772. The topological polar surface area (TPSA) is 72.5 Å². The zero-order valence-corrected chi connectivity index (χ0v) is 14.1. The molecule has 116 valence electrons. The third kappa shape index (κ3) is 5.16. The quantitative estimate of drug-likeness (QED) is 0.804. The zero-order valence-electron chi connectivity index (χ0n) is 11.7. The van der Waals surface area contributed by atoms with Gasteiger partial charge in [0, 0.05) is 10.2 Å². The van der Waals surface area contributed by atoms with Crippen molar-refractivity contribution < 1.29 is 17.9 Å². The van der Waals surface area contributed by atoms with Crippen LogP contribution in [0.1, 0.15) is 15.9 Å². The molecule has 0 aliphatic carbocycles. The number of halogens is 1. The van der Waals surface area contributed by atoms with Crippen LogP contribution in [-0.4, -0.2) is 20.6 Å². The number of carbonyl (C=O) groups is 1. The molecule has 0 fully saturated rings. The summed E-state index contributed by atoms with van der Waals surface area (Å²) in [6.45, 7) is 0.149. The summed E-state index contributed by atoms with van der Waals surface area (Å²) in [6.07, 6.45) is 1.05. The number of hydrogen-bond acceptors (Lipinski definition) is 4. The Labute approximate surface area is 137 Å². The lowest BCUT2D eigenvalue weighted by Gasteiger charge is -2.07. The fourth-order valence-electron chi connectivity index (χ4n) is 1.74. The van der Waals surface area contributed by atoms with Crippen LogP contribution in [-0.2, 0) is 21.4 Å². The van der Waals surface area contributed by atoms with E-state index in [2.05, 4.69) is 20.7 Å². The van der Waals surface area contributed by atoms with E-state index in [9.17, 15) is 13.2 Å². The molecule has 0 amide bonds. The van der Waals surface area contributed by atoms with Gasteiger partial charge >= 0.3 is 5.97 Å². The molecule has 7 heteroatoms. The Morgan fingerprint density at radius 3 is 2.50 bits per heavy atom. The van der Waals surface area contributed by atoms with E-state index in [4.69, 9.17) is 4.74 Å². The number of nitrogens with one attached hydrogen (secondary N) is 1. The second kappa shape index (κ2) is 6.93. The first-order valence-electron chi connectivity index (χ1n) is 6.33. The van der Waals surface area contributed by atoms with E-state index in [0.29, 0.717) is 5.69 Å². The maximum atomic E-state index is 12.0. The highest BCUT2D eigenvalue weighted by Gasteiger charge is 2.10. The monoisotopic (exact) mass is 383 g/mol. The standard InChI is InChI=1S/C15H14BrNO4S/c1-22(19,20)17-14-4-2-3-12(9-14)15(18)21-10-11-5-7-13(16)8-6-11/h2-9,17H,10H2,1H3. The van der Waals surface area contributed by atoms with Gasteiger partial charge in [-0.3, -0.25) is 4.72 Å². The van der Waals surface area contributed by atoms with Crippen molar-refractivity contribution in [2.45, 2.75) is 6.61 Å². The summed E-state index contributed by atoms with van der Waals surface area (Å²) in [6, 6.07) is 13.6. The number of esters is 1. The van der Waals surface area contributed by atoms with Crippen LogP contribution in [0.4, 0.5) is 5.69 Å². The van der Waals surface area contributed by atoms with Gasteiger partial charge in [0.05, 0.1) is 11.8 Å². The Kier molecular flexibility index (Phi) is 5.20. The van der Waals surface area contributed by atoms with Crippen molar-refractivity contribution in [3.05, 3.63) is 64.1 Å². The van der Waals surface area contributed by atoms with Gasteiger partial charge in [0.1, 0.15) is 6.61 Å². The lowest BCUT2D eigenvalue weighted by atomic mass is 10.2. The number of anilines is 1. The maximum absolute atomic E-state index is 12.0. The van der Waals surface area contributed by atoms with Crippen LogP contribution in [0, 0.1) is 0 Å².